The second-order valence-electron chi connectivity index (χ2n) is 24.0. The molecule has 0 amide bonds. The molecule has 6 heterocycles. The number of hydrogen-bond donors (Lipinski definition) is 0. The Balaban J connectivity index is 0.891. The lowest BCUT2D eigenvalue weighted by Crippen LogP contribution is -2.57. The van der Waals surface area contributed by atoms with Gasteiger partial charge in [-0.3, -0.25) is 0 Å². The molecule has 0 saturated carbocycles. The summed E-state index contributed by atoms with van der Waals surface area (Å²) in [5.74, 6) is 3.01. The van der Waals surface area contributed by atoms with E-state index in [2.05, 4.69) is 214 Å². The number of nitrogens with zero attached hydrogens (tertiary/aromatic N) is 2. The molecule has 17 rings (SSSR count). The van der Waals surface area contributed by atoms with E-state index < -0.39 is 6.04 Å². The molecule has 0 aliphatic carbocycles. The number of thiophene rings is 2. The first-order valence-electron chi connectivity index (χ1n) is 30.3. The van der Waals surface area contributed by atoms with E-state index in [1.54, 1.807) is 22.7 Å². The molecule has 7 heteroatoms. The molecule has 11 aromatic carbocycles. The summed E-state index contributed by atoms with van der Waals surface area (Å²) >= 11 is 3.25. The number of hydrogen-bond acceptors (Lipinski definition) is 4. The Kier molecular flexibility index (Phi) is 8.75. The quantitative estimate of drug-likeness (QED) is 0.164. The zero-order valence-electron chi connectivity index (χ0n) is 50.4. The minimum atomic E-state index is -0.407. The Labute approximate surface area is 484 Å². The molecule has 0 spiro atoms. The van der Waals surface area contributed by atoms with Gasteiger partial charge >= 0.3 is 0 Å². The van der Waals surface area contributed by atoms with Gasteiger partial charge in [0.15, 0.2) is 0 Å². The summed E-state index contributed by atoms with van der Waals surface area (Å²) in [5.41, 5.74) is 14.9. The lowest BCUT2D eigenvalue weighted by atomic mass is 9.35. The smallest absolute Gasteiger partial charge is 0.260 e. The molecular formula is C74H53BN2O2S2. The van der Waals surface area contributed by atoms with Gasteiger partial charge in [0.05, 0.1) is 28.9 Å². The Morgan fingerprint density at radius 1 is 0.407 bits per heavy atom. The van der Waals surface area contributed by atoms with Crippen LogP contribution in [0.2, 0.25) is 0 Å². The van der Waals surface area contributed by atoms with Gasteiger partial charge in [0, 0.05) is 96.4 Å². The lowest BCUT2D eigenvalue weighted by molar-refractivity contribution is 0.465. The number of para-hydroxylation sites is 2. The van der Waals surface area contributed by atoms with Gasteiger partial charge in [-0.1, -0.05) is 169 Å². The van der Waals surface area contributed by atoms with Gasteiger partial charge in [-0.05, 0) is 122 Å². The molecule has 0 bridgehead atoms. The first-order valence-corrected chi connectivity index (χ1v) is 29.4. The van der Waals surface area contributed by atoms with Crippen LogP contribution in [0.1, 0.15) is 59.5 Å². The van der Waals surface area contributed by atoms with E-state index in [0.29, 0.717) is 5.56 Å². The van der Waals surface area contributed by atoms with Crippen molar-refractivity contribution in [3.63, 3.8) is 0 Å². The molecule has 4 aromatic heterocycles. The summed E-state index contributed by atoms with van der Waals surface area (Å²) in [5, 5.41) is 9.05. The average molecular weight is 1080 g/mol. The number of ether oxygens (including phenoxy) is 2. The van der Waals surface area contributed by atoms with Crippen LogP contribution < -0.4 is 25.9 Å². The SMILES string of the molecule is [2H]c1c([2H])c([2H])c(-c2cc3sc4c(-c5cc6c7c(c5)Oc5cc(-n8c9ccc(C(C)(C)C)cc9c9cc(C(C)(C)C)ccc98)ccc5B7c5ccc(-n7c8ccccc8c8ccccc87)cc5O6)cccc4c3c3c2sc2ccccc23)c([2H])c1[2H]. The van der Waals surface area contributed by atoms with E-state index in [1.165, 1.54) is 32.7 Å². The minimum Gasteiger partial charge on any atom is -0.458 e. The summed E-state index contributed by atoms with van der Waals surface area (Å²) in [6, 6.07) is 64.3. The van der Waals surface area contributed by atoms with Crippen LogP contribution in [-0.4, -0.2) is 15.8 Å². The lowest BCUT2D eigenvalue weighted by Gasteiger charge is -2.34. The number of rotatable bonds is 4. The largest absolute Gasteiger partial charge is 0.458 e. The molecule has 2 aliphatic rings. The highest BCUT2D eigenvalue weighted by atomic mass is 32.1. The van der Waals surface area contributed by atoms with Crippen LogP contribution in [0.5, 0.6) is 23.0 Å². The third-order valence-electron chi connectivity index (χ3n) is 17.2. The van der Waals surface area contributed by atoms with Gasteiger partial charge in [0.25, 0.3) is 6.71 Å². The molecular weight excluding hydrogens is 1020 g/mol. The van der Waals surface area contributed by atoms with E-state index in [9.17, 15) is 0 Å². The molecule has 81 heavy (non-hydrogen) atoms. The van der Waals surface area contributed by atoms with Crippen molar-refractivity contribution < 1.29 is 16.3 Å². The van der Waals surface area contributed by atoms with E-state index in [-0.39, 0.29) is 47.3 Å². The molecule has 386 valence electrons. The summed E-state index contributed by atoms with van der Waals surface area (Å²) in [6.07, 6.45) is 0. The van der Waals surface area contributed by atoms with Crippen molar-refractivity contribution in [2.24, 2.45) is 0 Å². The van der Waals surface area contributed by atoms with Crippen LogP contribution in [-0.2, 0) is 10.8 Å². The first-order chi connectivity index (χ1) is 41.5. The van der Waals surface area contributed by atoms with Crippen molar-refractivity contribution in [1.82, 2.24) is 9.13 Å². The summed E-state index contributed by atoms with van der Waals surface area (Å²) in [4.78, 5) is 0. The van der Waals surface area contributed by atoms with Crippen LogP contribution in [0.15, 0.2) is 212 Å². The first kappa shape index (κ1) is 42.1. The van der Waals surface area contributed by atoms with Crippen molar-refractivity contribution in [2.45, 2.75) is 52.4 Å². The second-order valence-corrected chi connectivity index (χ2v) is 26.1. The Hall–Kier alpha value is -8.88. The van der Waals surface area contributed by atoms with Crippen LogP contribution >= 0.6 is 22.7 Å². The van der Waals surface area contributed by atoms with Gasteiger partial charge < -0.3 is 18.6 Å². The van der Waals surface area contributed by atoms with Gasteiger partial charge in [0.1, 0.15) is 23.0 Å². The molecule has 0 unspecified atom stereocenters. The fourth-order valence-electron chi connectivity index (χ4n) is 13.3. The average Bonchev–Trinajstić information content (AvgIpc) is 1.48. The molecule has 15 aromatic rings. The molecule has 2 aliphatic heterocycles. The van der Waals surface area contributed by atoms with Crippen LogP contribution in [0.25, 0.3) is 118 Å². The highest BCUT2D eigenvalue weighted by Crippen LogP contribution is 2.51. The molecule has 4 nitrogen and oxygen atoms in total. The third kappa shape index (κ3) is 6.89. The zero-order valence-corrected chi connectivity index (χ0v) is 47.1. The summed E-state index contributed by atoms with van der Waals surface area (Å²) in [6.45, 7) is 13.5. The van der Waals surface area contributed by atoms with Crippen LogP contribution in [0.4, 0.5) is 0 Å². The van der Waals surface area contributed by atoms with Crippen molar-refractivity contribution in [3.05, 3.63) is 223 Å². The maximum atomic E-state index is 9.15. The number of benzene rings is 11. The monoisotopic (exact) mass is 1080 g/mol. The van der Waals surface area contributed by atoms with Crippen LogP contribution in [0, 0.1) is 0 Å². The maximum Gasteiger partial charge on any atom is 0.260 e. The van der Waals surface area contributed by atoms with Crippen molar-refractivity contribution in [3.8, 4) is 56.6 Å². The maximum absolute atomic E-state index is 9.15. The minimum absolute atomic E-state index is 0.0336. The predicted molar refractivity (Wildman–Crippen MR) is 347 cm³/mol. The van der Waals surface area contributed by atoms with Gasteiger partial charge in [0.2, 0.25) is 0 Å². The number of fused-ring (bicyclic) bond motifs is 17. The van der Waals surface area contributed by atoms with Gasteiger partial charge in [-0.25, -0.2) is 0 Å². The highest BCUT2D eigenvalue weighted by molar-refractivity contribution is 7.28. The van der Waals surface area contributed by atoms with Gasteiger partial charge in [-0.2, -0.15) is 0 Å². The Bertz CT molecular complexity index is 5390. The standard InChI is InChI=1S/C74H53BN2O2S2/c1-73(2,3)44-27-33-60-54(37-44)55-38-45(74(4,5)6)28-34-61(55)77(60)47-30-32-57-63(40-47)79-65-36-43(35-64-70(65)75(57)56-31-29-46(39-62(56)78-64)76-58-24-13-10-19-49(58)50-20-11-14-25-59(50)76)48-22-16-23-52-68-67(81-71(48)52)41-53(42-17-8-7-9-18-42)72-69(68)51-21-12-15-26-66(51)80-72/h7-41H,1-6H3/i7D,8D,9D,17D,18D. The van der Waals surface area contributed by atoms with Crippen molar-refractivity contribution in [2.75, 3.05) is 0 Å². The highest BCUT2D eigenvalue weighted by Gasteiger charge is 2.41. The van der Waals surface area contributed by atoms with E-state index >= 15 is 0 Å². The molecule has 0 fully saturated rings. The Morgan fingerprint density at radius 3 is 1.53 bits per heavy atom. The Morgan fingerprint density at radius 2 is 0.938 bits per heavy atom. The normalized spacial score (nSPS) is 14.1. The van der Waals surface area contributed by atoms with Gasteiger partial charge in [-0.15, -0.1) is 22.7 Å². The third-order valence-corrected chi connectivity index (χ3v) is 19.6. The van der Waals surface area contributed by atoms with E-state index in [1.807, 2.05) is 18.2 Å². The molecule has 0 radical (unpaired) electrons. The summed E-state index contributed by atoms with van der Waals surface area (Å²) < 4.78 is 67.6. The fraction of sp³-hybridized carbons (Fsp3) is 0.108. The zero-order chi connectivity index (χ0) is 58.6. The van der Waals surface area contributed by atoms with Crippen molar-refractivity contribution in [1.29, 1.82) is 0 Å². The second kappa shape index (κ2) is 16.8. The molecule has 0 N–H and O–H groups in total. The van der Waals surface area contributed by atoms with E-state index in [0.717, 1.165) is 124 Å². The predicted octanol–water partition coefficient (Wildman–Crippen LogP) is 19.3. The summed E-state index contributed by atoms with van der Waals surface area (Å²) in [7, 11) is 0. The molecule has 0 atom stereocenters. The topological polar surface area (TPSA) is 28.3 Å². The molecule has 0 saturated heterocycles. The van der Waals surface area contributed by atoms with Crippen LogP contribution in [0.3, 0.4) is 0 Å². The van der Waals surface area contributed by atoms with E-state index in [4.69, 9.17) is 16.3 Å². The number of aromatic nitrogens is 2. The fourth-order valence-corrected chi connectivity index (χ4v) is 15.8. The van der Waals surface area contributed by atoms with Crippen molar-refractivity contribution >= 4 is 130 Å².